The fourth-order valence-electron chi connectivity index (χ4n) is 2.84. The lowest BCUT2D eigenvalue weighted by Gasteiger charge is -2.35. The number of aliphatic hydroxyl groups is 1. The van der Waals surface area contributed by atoms with Crippen LogP contribution >= 0.6 is 0 Å². The van der Waals surface area contributed by atoms with E-state index in [9.17, 15) is 9.90 Å². The molecule has 1 heterocycles. The highest BCUT2D eigenvalue weighted by atomic mass is 16.3. The maximum absolute atomic E-state index is 11.7. The van der Waals surface area contributed by atoms with Gasteiger partial charge in [0.2, 0.25) is 5.91 Å². The molecule has 0 radical (unpaired) electrons. The zero-order valence-corrected chi connectivity index (χ0v) is 11.5. The molecule has 1 fully saturated rings. The summed E-state index contributed by atoms with van der Waals surface area (Å²) in [5.74, 6) is 1.34. The van der Waals surface area contributed by atoms with Crippen LogP contribution in [0.5, 0.6) is 0 Å². The van der Waals surface area contributed by atoms with Crippen molar-refractivity contribution < 1.29 is 14.3 Å². The number of hydrogen-bond donors (Lipinski definition) is 2. The van der Waals surface area contributed by atoms with Crippen molar-refractivity contribution in [3.05, 3.63) is 24.2 Å². The molecule has 106 valence electrons. The number of aryl methyl sites for hydroxylation is 1. The van der Waals surface area contributed by atoms with E-state index in [0.29, 0.717) is 25.3 Å². The summed E-state index contributed by atoms with van der Waals surface area (Å²) < 4.78 is 5.18. The molecule has 4 nitrogen and oxygen atoms in total. The molecular weight excluding hydrogens is 242 g/mol. The molecular formula is C15H23NO3. The van der Waals surface area contributed by atoms with E-state index in [2.05, 4.69) is 12.2 Å². The molecule has 0 aliphatic heterocycles. The Labute approximate surface area is 114 Å². The van der Waals surface area contributed by atoms with Gasteiger partial charge >= 0.3 is 0 Å². The molecule has 1 aliphatic carbocycles. The number of furan rings is 1. The lowest BCUT2D eigenvalue weighted by molar-refractivity contribution is -0.123. The van der Waals surface area contributed by atoms with Crippen LogP contribution in [-0.4, -0.2) is 23.2 Å². The Bertz CT molecular complexity index is 402. The molecule has 1 aliphatic rings. The summed E-state index contributed by atoms with van der Waals surface area (Å²) in [6.45, 7) is 2.52. The van der Waals surface area contributed by atoms with E-state index in [-0.39, 0.29) is 5.91 Å². The molecule has 1 aromatic rings. The van der Waals surface area contributed by atoms with Gasteiger partial charge in [0, 0.05) is 19.4 Å². The largest absolute Gasteiger partial charge is 0.469 e. The van der Waals surface area contributed by atoms with Gasteiger partial charge in [0.25, 0.3) is 0 Å². The van der Waals surface area contributed by atoms with Gasteiger partial charge in [0.1, 0.15) is 5.76 Å². The van der Waals surface area contributed by atoms with E-state index < -0.39 is 5.60 Å². The molecule has 2 N–H and O–H groups in total. The van der Waals surface area contributed by atoms with Crippen LogP contribution in [-0.2, 0) is 11.2 Å². The van der Waals surface area contributed by atoms with Gasteiger partial charge in [-0.15, -0.1) is 0 Å². The van der Waals surface area contributed by atoms with Crippen molar-refractivity contribution in [2.75, 3.05) is 6.54 Å². The highest BCUT2D eigenvalue weighted by molar-refractivity contribution is 5.76. The highest BCUT2D eigenvalue weighted by Crippen LogP contribution is 2.31. The first kappa shape index (κ1) is 14.1. The minimum absolute atomic E-state index is 0.0250. The highest BCUT2D eigenvalue weighted by Gasteiger charge is 2.32. The predicted octanol–water partition coefficient (Wildman–Crippen LogP) is 2.27. The van der Waals surface area contributed by atoms with Crippen LogP contribution in [0.25, 0.3) is 0 Å². The third-order valence-corrected chi connectivity index (χ3v) is 3.86. The van der Waals surface area contributed by atoms with Gasteiger partial charge in [-0.2, -0.15) is 0 Å². The molecule has 2 atom stereocenters. The third kappa shape index (κ3) is 4.39. The molecule has 0 saturated heterocycles. The first-order valence-corrected chi connectivity index (χ1v) is 7.09. The van der Waals surface area contributed by atoms with Crippen LogP contribution in [0.3, 0.4) is 0 Å². The molecule has 4 heteroatoms. The first-order chi connectivity index (χ1) is 9.07. The lowest BCUT2D eigenvalue weighted by Crippen LogP contribution is -2.45. The van der Waals surface area contributed by atoms with Gasteiger partial charge in [0.15, 0.2) is 0 Å². The van der Waals surface area contributed by atoms with Gasteiger partial charge in [-0.3, -0.25) is 4.79 Å². The summed E-state index contributed by atoms with van der Waals surface area (Å²) in [6, 6.07) is 3.68. The summed E-state index contributed by atoms with van der Waals surface area (Å²) in [5, 5.41) is 13.3. The number of carbonyl (C=O) groups excluding carboxylic acids is 1. The monoisotopic (exact) mass is 265 g/mol. The van der Waals surface area contributed by atoms with Crippen LogP contribution in [0.4, 0.5) is 0 Å². The van der Waals surface area contributed by atoms with E-state index in [4.69, 9.17) is 4.42 Å². The molecule has 1 aromatic heterocycles. The van der Waals surface area contributed by atoms with Crippen LogP contribution in [0.1, 0.15) is 44.8 Å². The van der Waals surface area contributed by atoms with E-state index in [0.717, 1.165) is 25.0 Å². The SMILES string of the molecule is CC1CCCC(O)(CNC(=O)CCc2ccco2)C1. The zero-order chi connectivity index (χ0) is 13.7. The quantitative estimate of drug-likeness (QED) is 0.858. The predicted molar refractivity (Wildman–Crippen MR) is 72.6 cm³/mol. The molecule has 2 rings (SSSR count). The number of carbonyl (C=O) groups is 1. The van der Waals surface area contributed by atoms with Crippen molar-refractivity contribution >= 4 is 5.91 Å². The summed E-state index contributed by atoms with van der Waals surface area (Å²) in [5.41, 5.74) is -0.710. The Balaban J connectivity index is 1.70. The summed E-state index contributed by atoms with van der Waals surface area (Å²) in [7, 11) is 0. The summed E-state index contributed by atoms with van der Waals surface area (Å²) in [4.78, 5) is 11.7. The van der Waals surface area contributed by atoms with Crippen LogP contribution in [0.2, 0.25) is 0 Å². The van der Waals surface area contributed by atoms with Crippen molar-refractivity contribution in [1.29, 1.82) is 0 Å². The zero-order valence-electron chi connectivity index (χ0n) is 11.5. The second kappa shape index (κ2) is 6.24. The third-order valence-electron chi connectivity index (χ3n) is 3.86. The first-order valence-electron chi connectivity index (χ1n) is 7.09. The second-order valence-corrected chi connectivity index (χ2v) is 5.78. The standard InChI is InChI=1S/C15H23NO3/c1-12-4-2-8-15(18,10-12)11-16-14(17)7-6-13-5-3-9-19-13/h3,5,9,12,18H,2,4,6-8,10-11H2,1H3,(H,16,17). The Morgan fingerprint density at radius 2 is 2.47 bits per heavy atom. The van der Waals surface area contributed by atoms with E-state index in [1.165, 1.54) is 6.42 Å². The molecule has 19 heavy (non-hydrogen) atoms. The molecule has 2 unspecified atom stereocenters. The fraction of sp³-hybridized carbons (Fsp3) is 0.667. The van der Waals surface area contributed by atoms with Crippen molar-refractivity contribution in [3.8, 4) is 0 Å². The molecule has 1 amide bonds. The van der Waals surface area contributed by atoms with E-state index in [1.807, 2.05) is 12.1 Å². The average molecular weight is 265 g/mol. The lowest BCUT2D eigenvalue weighted by atomic mass is 9.79. The average Bonchev–Trinajstić information content (AvgIpc) is 2.87. The Hall–Kier alpha value is -1.29. The van der Waals surface area contributed by atoms with Crippen LogP contribution in [0.15, 0.2) is 22.8 Å². The van der Waals surface area contributed by atoms with Gasteiger partial charge in [-0.05, 0) is 30.9 Å². The van der Waals surface area contributed by atoms with Crippen molar-refractivity contribution in [1.82, 2.24) is 5.32 Å². The molecule has 1 saturated carbocycles. The normalized spacial score (nSPS) is 27.2. The number of amides is 1. The van der Waals surface area contributed by atoms with E-state index in [1.54, 1.807) is 6.26 Å². The Morgan fingerprint density at radius 3 is 3.16 bits per heavy atom. The molecule has 0 spiro atoms. The van der Waals surface area contributed by atoms with Crippen molar-refractivity contribution in [2.24, 2.45) is 5.92 Å². The second-order valence-electron chi connectivity index (χ2n) is 5.78. The maximum atomic E-state index is 11.7. The van der Waals surface area contributed by atoms with Gasteiger partial charge in [0.05, 0.1) is 11.9 Å². The summed E-state index contributed by atoms with van der Waals surface area (Å²) >= 11 is 0. The summed E-state index contributed by atoms with van der Waals surface area (Å²) in [6.07, 6.45) is 6.40. The van der Waals surface area contributed by atoms with Gasteiger partial charge < -0.3 is 14.8 Å². The minimum Gasteiger partial charge on any atom is -0.469 e. The minimum atomic E-state index is -0.710. The molecule has 0 aromatic carbocycles. The Kier molecular flexibility index (Phi) is 4.64. The van der Waals surface area contributed by atoms with Gasteiger partial charge in [-0.25, -0.2) is 0 Å². The molecule has 0 bridgehead atoms. The maximum Gasteiger partial charge on any atom is 0.220 e. The van der Waals surface area contributed by atoms with Crippen LogP contribution < -0.4 is 5.32 Å². The van der Waals surface area contributed by atoms with Crippen molar-refractivity contribution in [2.45, 2.75) is 51.0 Å². The van der Waals surface area contributed by atoms with Crippen LogP contribution in [0, 0.1) is 5.92 Å². The Morgan fingerprint density at radius 1 is 1.63 bits per heavy atom. The number of hydrogen-bond acceptors (Lipinski definition) is 3. The smallest absolute Gasteiger partial charge is 0.220 e. The van der Waals surface area contributed by atoms with E-state index >= 15 is 0 Å². The number of nitrogens with one attached hydrogen (secondary N) is 1. The fourth-order valence-corrected chi connectivity index (χ4v) is 2.84. The van der Waals surface area contributed by atoms with Gasteiger partial charge in [-0.1, -0.05) is 19.8 Å². The topological polar surface area (TPSA) is 62.5 Å². The van der Waals surface area contributed by atoms with Crippen molar-refractivity contribution in [3.63, 3.8) is 0 Å². The number of rotatable bonds is 5.